The summed E-state index contributed by atoms with van der Waals surface area (Å²) in [7, 11) is 0. The zero-order chi connectivity index (χ0) is 20.4. The van der Waals surface area contributed by atoms with E-state index in [1.165, 1.54) is 0 Å². The Balaban J connectivity index is 1.48. The maximum Gasteiger partial charge on any atom is 0.253 e. The molecular formula is C21H32FN5O2. The Morgan fingerprint density at radius 2 is 2.07 bits per heavy atom. The zero-order valence-electron chi connectivity index (χ0n) is 17.0. The molecule has 8 heteroatoms. The molecule has 3 saturated heterocycles. The fourth-order valence-corrected chi connectivity index (χ4v) is 7.03. The van der Waals surface area contributed by atoms with Gasteiger partial charge < -0.3 is 10.4 Å². The lowest BCUT2D eigenvalue weighted by Crippen LogP contribution is -2.63. The largest absolute Gasteiger partial charge is 0.380 e. The van der Waals surface area contributed by atoms with Crippen molar-refractivity contribution in [1.29, 1.82) is 5.26 Å². The molecular weight excluding hydrogens is 373 g/mol. The third-order valence-electron chi connectivity index (χ3n) is 8.60. The van der Waals surface area contributed by atoms with Gasteiger partial charge in [0.15, 0.2) is 0 Å². The number of alkyl halides is 1. The number of hydrogen-bond acceptors (Lipinski definition) is 6. The number of hydrogen-bond donors (Lipinski definition) is 4. The van der Waals surface area contributed by atoms with E-state index in [1.54, 1.807) is 6.92 Å². The van der Waals surface area contributed by atoms with Crippen molar-refractivity contribution < 1.29 is 14.3 Å². The van der Waals surface area contributed by atoms with Crippen LogP contribution in [0.2, 0.25) is 0 Å². The molecule has 1 amide bonds. The van der Waals surface area contributed by atoms with E-state index >= 15 is 4.39 Å². The zero-order valence-corrected chi connectivity index (χ0v) is 17.0. The van der Waals surface area contributed by atoms with Crippen molar-refractivity contribution in [2.75, 3.05) is 6.54 Å². The van der Waals surface area contributed by atoms with Crippen molar-refractivity contribution in [1.82, 2.24) is 21.1 Å². The molecule has 0 bridgehead atoms. The first kappa shape index (κ1) is 19.7. The van der Waals surface area contributed by atoms with Gasteiger partial charge in [-0.25, -0.2) is 9.40 Å². The topological polar surface area (TPSA) is 100 Å². The molecule has 4 N–H and O–H groups in total. The number of amides is 1. The molecule has 160 valence electrons. The summed E-state index contributed by atoms with van der Waals surface area (Å²) < 4.78 is 15.2. The van der Waals surface area contributed by atoms with Gasteiger partial charge in [0, 0.05) is 17.5 Å². The molecule has 0 aromatic rings. The number of carbonyl (C=O) groups is 1. The summed E-state index contributed by atoms with van der Waals surface area (Å²) in [5.74, 6) is -0.372. The Hall–Kier alpha value is -1.27. The van der Waals surface area contributed by atoms with Gasteiger partial charge in [-0.05, 0) is 63.8 Å². The molecule has 5 rings (SSSR count). The highest BCUT2D eigenvalue weighted by Gasteiger charge is 2.62. The maximum atomic E-state index is 15.2. The molecule has 3 aliphatic heterocycles. The number of hydrazine groups is 1. The number of rotatable bonds is 3. The van der Waals surface area contributed by atoms with Gasteiger partial charge in [0.2, 0.25) is 0 Å². The van der Waals surface area contributed by atoms with Crippen LogP contribution in [0.25, 0.3) is 0 Å². The summed E-state index contributed by atoms with van der Waals surface area (Å²) in [4.78, 5) is 12.4. The molecule has 7 unspecified atom stereocenters. The van der Waals surface area contributed by atoms with Crippen LogP contribution in [0.5, 0.6) is 0 Å². The van der Waals surface area contributed by atoms with Crippen LogP contribution < -0.4 is 16.1 Å². The Bertz CT molecular complexity index is 720. The van der Waals surface area contributed by atoms with E-state index in [9.17, 15) is 15.2 Å². The SMILES string of the molecule is C[C@@]1(O)C(=O)NC2NCCC(C3NN(C4(CC#N)CCC4)C4C(F)CCCC34)C21. The van der Waals surface area contributed by atoms with Gasteiger partial charge in [-0.2, -0.15) is 5.26 Å². The molecule has 3 heterocycles. The Labute approximate surface area is 171 Å². The molecule has 2 saturated carbocycles. The number of halogens is 1. The molecule has 2 aliphatic carbocycles. The Morgan fingerprint density at radius 3 is 2.76 bits per heavy atom. The number of nitrogens with one attached hydrogen (secondary N) is 3. The third kappa shape index (κ3) is 2.78. The van der Waals surface area contributed by atoms with E-state index in [0.717, 1.165) is 45.1 Å². The average molecular weight is 406 g/mol. The number of piperidine rings is 1. The average Bonchev–Trinajstić information content (AvgIpc) is 3.15. The second-order valence-corrected chi connectivity index (χ2v) is 10.1. The number of nitrogens with zero attached hydrogens (tertiary/aromatic N) is 2. The molecule has 0 aromatic carbocycles. The quantitative estimate of drug-likeness (QED) is 0.558. The Morgan fingerprint density at radius 1 is 1.28 bits per heavy atom. The number of nitriles is 1. The summed E-state index contributed by atoms with van der Waals surface area (Å²) in [5.41, 5.74) is 1.99. The normalized spacial score (nSPS) is 48.9. The van der Waals surface area contributed by atoms with Crippen molar-refractivity contribution in [2.24, 2.45) is 17.8 Å². The molecule has 0 aromatic heterocycles. The van der Waals surface area contributed by atoms with Crippen molar-refractivity contribution in [3.63, 3.8) is 0 Å². The molecule has 0 radical (unpaired) electrons. The van der Waals surface area contributed by atoms with E-state index in [2.05, 4.69) is 27.1 Å². The minimum Gasteiger partial charge on any atom is -0.380 e. The smallest absolute Gasteiger partial charge is 0.253 e. The fourth-order valence-electron chi connectivity index (χ4n) is 7.03. The van der Waals surface area contributed by atoms with Gasteiger partial charge in [0.05, 0.1) is 24.7 Å². The summed E-state index contributed by atoms with van der Waals surface area (Å²) in [6, 6.07) is 2.14. The summed E-state index contributed by atoms with van der Waals surface area (Å²) in [6.07, 6.45) is 5.42. The number of carbonyl (C=O) groups excluding carboxylic acids is 1. The molecule has 7 nitrogen and oxygen atoms in total. The molecule has 0 spiro atoms. The highest BCUT2D eigenvalue weighted by molar-refractivity contribution is 5.87. The highest BCUT2D eigenvalue weighted by Crippen LogP contribution is 2.51. The molecule has 29 heavy (non-hydrogen) atoms. The second kappa shape index (κ2) is 6.88. The van der Waals surface area contributed by atoms with Crippen molar-refractivity contribution in [2.45, 2.75) is 93.9 Å². The fraction of sp³-hybridized carbons (Fsp3) is 0.905. The van der Waals surface area contributed by atoms with Crippen molar-refractivity contribution in [3.05, 3.63) is 0 Å². The summed E-state index contributed by atoms with van der Waals surface area (Å²) in [5, 5.41) is 28.8. The molecule has 8 atom stereocenters. The lowest BCUT2D eigenvalue weighted by molar-refractivity contribution is -0.138. The van der Waals surface area contributed by atoms with Crippen LogP contribution in [0.3, 0.4) is 0 Å². The van der Waals surface area contributed by atoms with Crippen LogP contribution in [0.1, 0.15) is 58.3 Å². The van der Waals surface area contributed by atoms with Gasteiger partial charge in [0.25, 0.3) is 5.91 Å². The van der Waals surface area contributed by atoms with Crippen LogP contribution in [-0.4, -0.2) is 58.1 Å². The first-order valence-electron chi connectivity index (χ1n) is 11.2. The van der Waals surface area contributed by atoms with Crippen molar-refractivity contribution >= 4 is 5.91 Å². The summed E-state index contributed by atoms with van der Waals surface area (Å²) in [6.45, 7) is 2.37. The predicted octanol–water partition coefficient (Wildman–Crippen LogP) is 0.951. The van der Waals surface area contributed by atoms with Crippen LogP contribution in [-0.2, 0) is 4.79 Å². The monoisotopic (exact) mass is 405 g/mol. The number of aliphatic hydroxyl groups is 1. The second-order valence-electron chi connectivity index (χ2n) is 10.1. The van der Waals surface area contributed by atoms with Crippen molar-refractivity contribution in [3.8, 4) is 6.07 Å². The van der Waals surface area contributed by atoms with Crippen LogP contribution in [0.4, 0.5) is 4.39 Å². The lowest BCUT2D eigenvalue weighted by Gasteiger charge is -2.51. The Kier molecular flexibility index (Phi) is 4.67. The predicted molar refractivity (Wildman–Crippen MR) is 104 cm³/mol. The van der Waals surface area contributed by atoms with E-state index in [1.807, 2.05) is 0 Å². The van der Waals surface area contributed by atoms with Gasteiger partial charge in [-0.1, -0.05) is 6.42 Å². The van der Waals surface area contributed by atoms with E-state index in [0.29, 0.717) is 12.8 Å². The maximum absolute atomic E-state index is 15.2. The molecule has 5 fully saturated rings. The van der Waals surface area contributed by atoms with E-state index < -0.39 is 11.8 Å². The van der Waals surface area contributed by atoms with Gasteiger partial charge in [0.1, 0.15) is 11.8 Å². The van der Waals surface area contributed by atoms with Gasteiger partial charge >= 0.3 is 0 Å². The standard InChI is InChI=1S/C21H32FN5O2/c1-20(29)15-12(6-11-24-18(15)25-19(20)28)16-13-4-2-5-14(22)17(13)27(26-16)21(9-10-23)7-3-8-21/h12-18,24,26,29H,2-9,11H2,1H3,(H,25,28)/t12?,13?,14?,15?,16?,17?,18?,20-/m0/s1. The van der Waals surface area contributed by atoms with E-state index in [-0.39, 0.29) is 47.4 Å². The first-order valence-corrected chi connectivity index (χ1v) is 11.2. The van der Waals surface area contributed by atoms with Gasteiger partial charge in [-0.3, -0.25) is 15.5 Å². The minimum absolute atomic E-state index is 0.0171. The minimum atomic E-state index is -1.43. The van der Waals surface area contributed by atoms with E-state index in [4.69, 9.17) is 0 Å². The summed E-state index contributed by atoms with van der Waals surface area (Å²) >= 11 is 0. The number of fused-ring (bicyclic) bond motifs is 2. The lowest BCUT2D eigenvalue weighted by atomic mass is 9.66. The highest BCUT2D eigenvalue weighted by atomic mass is 19.1. The first-order chi connectivity index (χ1) is 13.9. The van der Waals surface area contributed by atoms with Crippen LogP contribution >= 0.6 is 0 Å². The van der Waals surface area contributed by atoms with Crippen LogP contribution in [0.15, 0.2) is 0 Å². The van der Waals surface area contributed by atoms with Gasteiger partial charge in [-0.15, -0.1) is 0 Å². The molecule has 5 aliphatic rings. The van der Waals surface area contributed by atoms with Crippen LogP contribution in [0, 0.1) is 29.1 Å². The third-order valence-corrected chi connectivity index (χ3v) is 8.60.